The summed E-state index contributed by atoms with van der Waals surface area (Å²) in [6, 6.07) is 5.84. The molecule has 2 aromatic heterocycles. The van der Waals surface area contributed by atoms with Gasteiger partial charge in [-0.3, -0.25) is 14.3 Å². The average Bonchev–Trinajstić information content (AvgIpc) is 3.32. The summed E-state index contributed by atoms with van der Waals surface area (Å²) in [6.45, 7) is 4.75. The zero-order chi connectivity index (χ0) is 26.8. The Hall–Kier alpha value is -4.13. The molecular weight excluding hydrogens is 484 g/mol. The van der Waals surface area contributed by atoms with Crippen molar-refractivity contribution in [3.05, 3.63) is 36.3 Å². The van der Waals surface area contributed by atoms with Crippen molar-refractivity contribution in [3.63, 3.8) is 0 Å². The van der Waals surface area contributed by atoms with Crippen molar-refractivity contribution >= 4 is 22.6 Å². The molecule has 2 amide bonds. The third-order valence-corrected chi connectivity index (χ3v) is 7.18. The summed E-state index contributed by atoms with van der Waals surface area (Å²) in [5, 5.41) is 14.9. The third-order valence-electron chi connectivity index (χ3n) is 7.18. The lowest BCUT2D eigenvalue weighted by Crippen LogP contribution is -2.44. The van der Waals surface area contributed by atoms with Gasteiger partial charge in [-0.15, -0.1) is 0 Å². The predicted molar refractivity (Wildman–Crippen MR) is 141 cm³/mol. The van der Waals surface area contributed by atoms with E-state index in [0.717, 1.165) is 42.2 Å². The molecule has 38 heavy (non-hydrogen) atoms. The fraction of sp³-hybridized carbons (Fsp3) is 0.464. The molecule has 1 aliphatic heterocycles. The van der Waals surface area contributed by atoms with Crippen molar-refractivity contribution in [2.45, 2.75) is 70.6 Å². The SMILES string of the molecule is CC(C)Oc1cc2c(O[C@@H]3CCCN(C(=O)CC#N)C3)ncc(-c3cnn(C4CCC4)c3)c2cc1C(N)=O. The number of amides is 2. The second-order valence-electron chi connectivity index (χ2n) is 10.3. The van der Waals surface area contributed by atoms with E-state index in [1.807, 2.05) is 37.0 Å². The molecule has 0 radical (unpaired) electrons. The zero-order valence-corrected chi connectivity index (χ0v) is 21.7. The minimum atomic E-state index is -0.586. The van der Waals surface area contributed by atoms with E-state index in [-0.39, 0.29) is 30.1 Å². The summed E-state index contributed by atoms with van der Waals surface area (Å²) in [5.41, 5.74) is 7.73. The number of piperidine rings is 1. The number of benzene rings is 1. The summed E-state index contributed by atoms with van der Waals surface area (Å²) < 4.78 is 14.3. The highest BCUT2D eigenvalue weighted by molar-refractivity contribution is 6.06. The first kappa shape index (κ1) is 25.5. The molecule has 0 spiro atoms. The zero-order valence-electron chi connectivity index (χ0n) is 21.7. The van der Waals surface area contributed by atoms with Gasteiger partial charge in [0.1, 0.15) is 18.3 Å². The van der Waals surface area contributed by atoms with Crippen molar-refractivity contribution in [1.29, 1.82) is 5.26 Å². The van der Waals surface area contributed by atoms with Gasteiger partial charge in [0, 0.05) is 35.5 Å². The van der Waals surface area contributed by atoms with Gasteiger partial charge in [-0.1, -0.05) is 0 Å². The van der Waals surface area contributed by atoms with Gasteiger partial charge in [0.2, 0.25) is 11.8 Å². The average molecular weight is 517 g/mol. The molecule has 1 saturated heterocycles. The lowest BCUT2D eigenvalue weighted by Gasteiger charge is -2.32. The number of nitrogens with two attached hydrogens (primary N) is 1. The first-order chi connectivity index (χ1) is 18.3. The molecule has 10 nitrogen and oxygen atoms in total. The van der Waals surface area contributed by atoms with Crippen LogP contribution in [0.3, 0.4) is 0 Å². The number of hydrogen-bond acceptors (Lipinski definition) is 7. The maximum absolute atomic E-state index is 12.4. The molecule has 0 bridgehead atoms. The molecule has 3 heterocycles. The first-order valence-electron chi connectivity index (χ1n) is 13.1. The number of primary amides is 1. The lowest BCUT2D eigenvalue weighted by atomic mass is 9.93. The molecular formula is C28H32N6O4. The Morgan fingerprint density at radius 3 is 2.68 bits per heavy atom. The molecule has 198 valence electrons. The largest absolute Gasteiger partial charge is 0.490 e. The van der Waals surface area contributed by atoms with Crippen molar-refractivity contribution < 1.29 is 19.1 Å². The van der Waals surface area contributed by atoms with Crippen molar-refractivity contribution in [3.8, 4) is 28.8 Å². The maximum Gasteiger partial charge on any atom is 0.252 e. The van der Waals surface area contributed by atoms with Gasteiger partial charge >= 0.3 is 0 Å². The van der Waals surface area contributed by atoms with Crippen LogP contribution in [-0.4, -0.2) is 56.8 Å². The van der Waals surface area contributed by atoms with Crippen molar-refractivity contribution in [2.75, 3.05) is 13.1 Å². The second-order valence-corrected chi connectivity index (χ2v) is 10.3. The van der Waals surface area contributed by atoms with Gasteiger partial charge in [0.05, 0.1) is 36.5 Å². The number of aromatic nitrogens is 3. The van der Waals surface area contributed by atoms with E-state index in [1.165, 1.54) is 6.42 Å². The number of rotatable bonds is 8. The van der Waals surface area contributed by atoms with E-state index in [1.54, 1.807) is 23.2 Å². The minimum absolute atomic E-state index is 0.150. The number of likely N-dealkylation sites (tertiary alicyclic amines) is 1. The molecule has 1 aromatic carbocycles. The summed E-state index contributed by atoms with van der Waals surface area (Å²) in [7, 11) is 0. The van der Waals surface area contributed by atoms with E-state index in [2.05, 4.69) is 10.1 Å². The number of fused-ring (bicyclic) bond motifs is 1. The summed E-state index contributed by atoms with van der Waals surface area (Å²) in [4.78, 5) is 31.1. The van der Waals surface area contributed by atoms with E-state index in [4.69, 9.17) is 20.5 Å². The van der Waals surface area contributed by atoms with Crippen LogP contribution in [0, 0.1) is 11.3 Å². The molecule has 2 aliphatic rings. The van der Waals surface area contributed by atoms with Crippen molar-refractivity contribution in [2.24, 2.45) is 5.73 Å². The molecule has 1 atom stereocenters. The summed E-state index contributed by atoms with van der Waals surface area (Å²) in [6.07, 6.45) is 9.92. The Kier molecular flexibility index (Phi) is 7.18. The van der Waals surface area contributed by atoms with E-state index >= 15 is 0 Å². The van der Waals surface area contributed by atoms with Crippen LogP contribution in [0.25, 0.3) is 21.9 Å². The Labute approximate surface area is 221 Å². The van der Waals surface area contributed by atoms with Crippen LogP contribution in [-0.2, 0) is 4.79 Å². The highest BCUT2D eigenvalue weighted by atomic mass is 16.5. The number of nitriles is 1. The number of ether oxygens (including phenoxy) is 2. The smallest absolute Gasteiger partial charge is 0.252 e. The van der Waals surface area contributed by atoms with Gasteiger partial charge in [0.15, 0.2) is 0 Å². The Morgan fingerprint density at radius 2 is 2.00 bits per heavy atom. The molecule has 2 N–H and O–H groups in total. The van der Waals surface area contributed by atoms with E-state index in [0.29, 0.717) is 36.1 Å². The van der Waals surface area contributed by atoms with Gasteiger partial charge in [-0.25, -0.2) is 4.98 Å². The minimum Gasteiger partial charge on any atom is -0.490 e. The van der Waals surface area contributed by atoms with Crippen LogP contribution in [0.4, 0.5) is 0 Å². The van der Waals surface area contributed by atoms with E-state index < -0.39 is 5.91 Å². The number of pyridine rings is 1. The van der Waals surface area contributed by atoms with Gasteiger partial charge in [0.25, 0.3) is 5.91 Å². The Bertz CT molecular complexity index is 1400. The fourth-order valence-corrected chi connectivity index (χ4v) is 5.04. The van der Waals surface area contributed by atoms with Crippen molar-refractivity contribution in [1.82, 2.24) is 19.7 Å². The van der Waals surface area contributed by atoms with Gasteiger partial charge in [-0.2, -0.15) is 10.4 Å². The van der Waals surface area contributed by atoms with Crippen LogP contribution >= 0.6 is 0 Å². The van der Waals surface area contributed by atoms with E-state index in [9.17, 15) is 9.59 Å². The van der Waals surface area contributed by atoms with Crippen LogP contribution in [0.1, 0.15) is 68.8 Å². The fourth-order valence-electron chi connectivity index (χ4n) is 5.04. The van der Waals surface area contributed by atoms with Crippen LogP contribution in [0.5, 0.6) is 11.6 Å². The highest BCUT2D eigenvalue weighted by Crippen LogP contribution is 2.39. The summed E-state index contributed by atoms with van der Waals surface area (Å²) in [5.74, 6) is -0.0317. The normalized spacial score (nSPS) is 17.7. The second kappa shape index (κ2) is 10.7. The first-order valence-corrected chi connectivity index (χ1v) is 13.1. The van der Waals surface area contributed by atoms with Crippen LogP contribution in [0.2, 0.25) is 0 Å². The molecule has 10 heteroatoms. The standard InChI is InChI=1S/C28H32N6O4/c1-17(2)37-25-12-22-21(11-23(25)27(30)36)24(18-13-32-34(15-18)19-5-3-6-19)14-31-28(22)38-20-7-4-10-33(16-20)26(35)8-9-29/h11-15,17,19-20H,3-8,10,16H2,1-2H3,(H2,30,36)/t20-/m1/s1. The molecule has 1 aliphatic carbocycles. The number of carbonyl (C=O) groups excluding carboxylic acids is 2. The molecule has 1 saturated carbocycles. The topological polar surface area (TPSA) is 136 Å². The van der Waals surface area contributed by atoms with Gasteiger partial charge < -0.3 is 20.1 Å². The third kappa shape index (κ3) is 5.14. The molecule has 5 rings (SSSR count). The molecule has 3 aromatic rings. The highest BCUT2D eigenvalue weighted by Gasteiger charge is 2.27. The van der Waals surface area contributed by atoms with Crippen LogP contribution < -0.4 is 15.2 Å². The Morgan fingerprint density at radius 1 is 1.18 bits per heavy atom. The maximum atomic E-state index is 12.4. The van der Waals surface area contributed by atoms with Crippen LogP contribution in [0.15, 0.2) is 30.7 Å². The number of hydrogen-bond donors (Lipinski definition) is 1. The quantitative estimate of drug-likeness (QED) is 0.478. The summed E-state index contributed by atoms with van der Waals surface area (Å²) >= 11 is 0. The Balaban J connectivity index is 1.56. The monoisotopic (exact) mass is 516 g/mol. The van der Waals surface area contributed by atoms with Gasteiger partial charge in [-0.05, 0) is 63.5 Å². The number of nitrogens with zero attached hydrogens (tertiary/aromatic N) is 5. The number of carbonyl (C=O) groups is 2. The molecule has 0 unspecified atom stereocenters. The lowest BCUT2D eigenvalue weighted by molar-refractivity contribution is -0.132. The predicted octanol–water partition coefficient (Wildman–Crippen LogP) is 3.99. The molecule has 2 fully saturated rings.